The first-order chi connectivity index (χ1) is 15.2. The first-order valence-corrected chi connectivity index (χ1v) is 11.4. The van der Waals surface area contributed by atoms with Gasteiger partial charge in [0.25, 0.3) is 0 Å². The largest absolute Gasteiger partial charge is 0.333 e. The molecule has 0 spiro atoms. The number of carbonyl (C=O) groups is 2. The molecular formula is C25H40N6O2. The molecule has 0 unspecified atom stereocenters. The Kier molecular flexibility index (Phi) is 8.30. The number of rotatable bonds is 7. The minimum absolute atomic E-state index is 0.0560. The van der Waals surface area contributed by atoms with Crippen molar-refractivity contribution in [2.75, 3.05) is 39.0 Å². The lowest BCUT2D eigenvalue weighted by atomic mass is 9.92. The summed E-state index contributed by atoms with van der Waals surface area (Å²) in [7, 11) is 3.88. The van der Waals surface area contributed by atoms with Crippen molar-refractivity contribution in [3.8, 4) is 5.69 Å². The van der Waals surface area contributed by atoms with Crippen molar-refractivity contribution < 1.29 is 9.59 Å². The van der Waals surface area contributed by atoms with Crippen LogP contribution in [-0.4, -0.2) is 70.8 Å². The van der Waals surface area contributed by atoms with Gasteiger partial charge in [0.1, 0.15) is 12.4 Å². The predicted molar refractivity (Wildman–Crippen MR) is 134 cm³/mol. The molecule has 1 heterocycles. The Morgan fingerprint density at radius 3 is 2.21 bits per heavy atom. The van der Waals surface area contributed by atoms with Crippen molar-refractivity contribution in [3.05, 3.63) is 41.6 Å². The molecular weight excluding hydrogens is 416 g/mol. The van der Waals surface area contributed by atoms with Gasteiger partial charge >= 0.3 is 6.03 Å². The van der Waals surface area contributed by atoms with Gasteiger partial charge in [0.05, 0.1) is 11.4 Å². The SMILES string of the molecule is Cc1ccccc1-n1nc(C(C)(C)C)cc1NC(=O)CN(CCN(C)C)C(=O)NC(C)(C)C. The number of hydrogen-bond acceptors (Lipinski definition) is 4. The lowest BCUT2D eigenvalue weighted by molar-refractivity contribution is -0.116. The van der Waals surface area contributed by atoms with Crippen molar-refractivity contribution in [2.24, 2.45) is 0 Å². The molecule has 8 heteroatoms. The Hall–Kier alpha value is -2.87. The molecule has 3 amide bonds. The normalized spacial score (nSPS) is 12.1. The smallest absolute Gasteiger partial charge is 0.318 e. The van der Waals surface area contributed by atoms with Crippen molar-refractivity contribution in [3.63, 3.8) is 0 Å². The van der Waals surface area contributed by atoms with Gasteiger partial charge in [0.15, 0.2) is 0 Å². The van der Waals surface area contributed by atoms with Gasteiger partial charge in [0.2, 0.25) is 5.91 Å². The maximum Gasteiger partial charge on any atom is 0.318 e. The fourth-order valence-corrected chi connectivity index (χ4v) is 3.15. The Morgan fingerprint density at radius 2 is 1.67 bits per heavy atom. The van der Waals surface area contributed by atoms with E-state index in [4.69, 9.17) is 5.10 Å². The van der Waals surface area contributed by atoms with Crippen LogP contribution in [0.15, 0.2) is 30.3 Å². The van der Waals surface area contributed by atoms with Gasteiger partial charge < -0.3 is 20.4 Å². The van der Waals surface area contributed by atoms with Crippen LogP contribution in [0.3, 0.4) is 0 Å². The molecule has 0 fully saturated rings. The van der Waals surface area contributed by atoms with E-state index in [0.717, 1.165) is 16.9 Å². The van der Waals surface area contributed by atoms with Crippen LogP contribution in [0.25, 0.3) is 5.69 Å². The molecule has 1 aromatic carbocycles. The number of anilines is 1. The Morgan fingerprint density at radius 1 is 1.03 bits per heavy atom. The average Bonchev–Trinajstić information content (AvgIpc) is 3.07. The zero-order valence-electron chi connectivity index (χ0n) is 21.6. The monoisotopic (exact) mass is 456 g/mol. The standard InChI is InChI=1S/C25H40N6O2/c1-18-12-10-11-13-19(18)31-21(16-20(28-31)24(2,3)4)26-22(32)17-30(15-14-29(8)9)23(33)27-25(5,6)7/h10-13,16H,14-15,17H2,1-9H3,(H,26,32)(H,27,33). The van der Waals surface area contributed by atoms with E-state index in [1.54, 1.807) is 9.58 Å². The van der Waals surface area contributed by atoms with Crippen molar-refractivity contribution >= 4 is 17.8 Å². The summed E-state index contributed by atoms with van der Waals surface area (Å²) in [5.74, 6) is 0.316. The molecule has 0 aliphatic carbocycles. The summed E-state index contributed by atoms with van der Waals surface area (Å²) in [4.78, 5) is 29.4. The summed E-state index contributed by atoms with van der Waals surface area (Å²) in [6, 6.07) is 9.56. The molecule has 0 aliphatic rings. The first-order valence-electron chi connectivity index (χ1n) is 11.4. The summed E-state index contributed by atoms with van der Waals surface area (Å²) in [5.41, 5.74) is 2.25. The highest BCUT2D eigenvalue weighted by Crippen LogP contribution is 2.27. The van der Waals surface area contributed by atoms with Gasteiger partial charge in [-0.2, -0.15) is 5.10 Å². The molecule has 0 bridgehead atoms. The van der Waals surface area contributed by atoms with Crippen LogP contribution in [0.5, 0.6) is 0 Å². The van der Waals surface area contributed by atoms with E-state index in [1.165, 1.54) is 0 Å². The molecule has 0 saturated heterocycles. The van der Waals surface area contributed by atoms with Gasteiger partial charge in [-0.1, -0.05) is 39.0 Å². The van der Waals surface area contributed by atoms with Crippen molar-refractivity contribution in [1.82, 2.24) is 24.9 Å². The second-order valence-electron chi connectivity index (χ2n) is 10.8. The molecule has 0 aliphatic heterocycles. The minimum atomic E-state index is -0.394. The van der Waals surface area contributed by atoms with Crippen LogP contribution in [0.2, 0.25) is 0 Å². The third kappa shape index (κ3) is 7.89. The summed E-state index contributed by atoms with van der Waals surface area (Å²) in [6.07, 6.45) is 0. The topological polar surface area (TPSA) is 82.5 Å². The number of likely N-dealkylation sites (N-methyl/N-ethyl adjacent to an activating group) is 1. The second kappa shape index (κ2) is 10.4. The van der Waals surface area contributed by atoms with Gasteiger partial charge in [-0.15, -0.1) is 0 Å². The Balaban J connectivity index is 2.30. The van der Waals surface area contributed by atoms with E-state index in [2.05, 4.69) is 31.4 Å². The molecule has 2 rings (SSSR count). The molecule has 8 nitrogen and oxygen atoms in total. The van der Waals surface area contributed by atoms with Crippen LogP contribution < -0.4 is 10.6 Å². The number of hydrogen-bond donors (Lipinski definition) is 2. The first kappa shape index (κ1) is 26.4. The lowest BCUT2D eigenvalue weighted by Crippen LogP contribution is -2.51. The molecule has 0 saturated carbocycles. The molecule has 1 aromatic heterocycles. The highest BCUT2D eigenvalue weighted by atomic mass is 16.2. The third-order valence-corrected chi connectivity index (χ3v) is 5.01. The van der Waals surface area contributed by atoms with Gasteiger partial charge in [-0.3, -0.25) is 4.79 Å². The molecule has 2 aromatic rings. The Bertz CT molecular complexity index is 966. The van der Waals surface area contributed by atoms with Gasteiger partial charge in [-0.25, -0.2) is 9.48 Å². The lowest BCUT2D eigenvalue weighted by Gasteiger charge is -2.29. The quantitative estimate of drug-likeness (QED) is 0.664. The Labute approximate surface area is 198 Å². The van der Waals surface area contributed by atoms with E-state index in [1.807, 2.05) is 77.0 Å². The van der Waals surface area contributed by atoms with E-state index in [9.17, 15) is 9.59 Å². The van der Waals surface area contributed by atoms with Gasteiger partial charge in [0, 0.05) is 30.1 Å². The zero-order valence-corrected chi connectivity index (χ0v) is 21.6. The highest BCUT2D eigenvalue weighted by Gasteiger charge is 2.25. The number of nitrogens with one attached hydrogen (secondary N) is 2. The van der Waals surface area contributed by atoms with Crippen LogP contribution >= 0.6 is 0 Å². The van der Waals surface area contributed by atoms with E-state index in [0.29, 0.717) is 18.9 Å². The van der Waals surface area contributed by atoms with Crippen LogP contribution in [0.4, 0.5) is 10.6 Å². The molecule has 33 heavy (non-hydrogen) atoms. The second-order valence-corrected chi connectivity index (χ2v) is 10.8. The maximum atomic E-state index is 13.1. The van der Waals surface area contributed by atoms with E-state index in [-0.39, 0.29) is 23.9 Å². The highest BCUT2D eigenvalue weighted by molar-refractivity contribution is 5.94. The van der Waals surface area contributed by atoms with Crippen LogP contribution in [0, 0.1) is 6.92 Å². The number of para-hydroxylation sites is 1. The summed E-state index contributed by atoms with van der Waals surface area (Å²) >= 11 is 0. The van der Waals surface area contributed by atoms with Crippen LogP contribution in [-0.2, 0) is 10.2 Å². The third-order valence-electron chi connectivity index (χ3n) is 5.01. The zero-order chi connectivity index (χ0) is 25.0. The predicted octanol–water partition coefficient (Wildman–Crippen LogP) is 3.79. The molecule has 2 N–H and O–H groups in total. The molecule has 0 radical (unpaired) electrons. The molecule has 0 atom stereocenters. The number of benzene rings is 1. The fraction of sp³-hybridized carbons (Fsp3) is 0.560. The van der Waals surface area contributed by atoms with Crippen LogP contribution in [0.1, 0.15) is 52.8 Å². The minimum Gasteiger partial charge on any atom is -0.333 e. The number of carbonyl (C=O) groups excluding carboxylic acids is 2. The number of urea groups is 1. The van der Waals surface area contributed by atoms with E-state index >= 15 is 0 Å². The average molecular weight is 457 g/mol. The van der Waals surface area contributed by atoms with E-state index < -0.39 is 5.54 Å². The fourth-order valence-electron chi connectivity index (χ4n) is 3.15. The summed E-state index contributed by atoms with van der Waals surface area (Å²) < 4.78 is 1.77. The number of aryl methyl sites for hydroxylation is 1. The maximum absolute atomic E-state index is 13.1. The number of aromatic nitrogens is 2. The van der Waals surface area contributed by atoms with Gasteiger partial charge in [-0.05, 0) is 53.4 Å². The number of amides is 3. The molecule has 182 valence electrons. The number of nitrogens with zero attached hydrogens (tertiary/aromatic N) is 4. The van der Waals surface area contributed by atoms with Crippen molar-refractivity contribution in [2.45, 2.75) is 59.4 Å². The van der Waals surface area contributed by atoms with Crippen molar-refractivity contribution in [1.29, 1.82) is 0 Å². The summed E-state index contributed by atoms with van der Waals surface area (Å²) in [5, 5.41) is 10.7. The summed E-state index contributed by atoms with van der Waals surface area (Å²) in [6.45, 7) is 15.1.